The SMILES string of the molecule is Cc1ccc2[nH]c(=O)c(CN(CCO)C(=O)c3ccc(F)cc3)cc2c1. The average molecular weight is 354 g/mol. The Labute approximate surface area is 149 Å². The minimum atomic E-state index is -0.434. The van der Waals surface area contributed by atoms with Crippen LogP contribution in [0.3, 0.4) is 0 Å². The molecule has 2 aromatic carbocycles. The van der Waals surface area contributed by atoms with Gasteiger partial charge in [0.15, 0.2) is 0 Å². The van der Waals surface area contributed by atoms with Gasteiger partial charge in [0.05, 0.1) is 13.2 Å². The highest BCUT2D eigenvalue weighted by atomic mass is 19.1. The Hall–Kier alpha value is -2.99. The summed E-state index contributed by atoms with van der Waals surface area (Å²) in [6.45, 7) is 1.84. The fourth-order valence-corrected chi connectivity index (χ4v) is 2.84. The van der Waals surface area contributed by atoms with Gasteiger partial charge in [-0.2, -0.15) is 0 Å². The maximum atomic E-state index is 13.1. The molecule has 0 spiro atoms. The minimum Gasteiger partial charge on any atom is -0.395 e. The number of aryl methyl sites for hydroxylation is 1. The van der Waals surface area contributed by atoms with E-state index in [0.717, 1.165) is 16.5 Å². The number of aliphatic hydroxyl groups is 1. The van der Waals surface area contributed by atoms with E-state index in [1.807, 2.05) is 25.1 Å². The van der Waals surface area contributed by atoms with Crippen molar-refractivity contribution < 1.29 is 14.3 Å². The van der Waals surface area contributed by atoms with Crippen LogP contribution >= 0.6 is 0 Å². The first-order valence-electron chi connectivity index (χ1n) is 8.26. The highest BCUT2D eigenvalue weighted by Gasteiger charge is 2.17. The highest BCUT2D eigenvalue weighted by molar-refractivity contribution is 5.94. The molecule has 0 saturated carbocycles. The number of H-pyrrole nitrogens is 1. The number of carbonyl (C=O) groups is 1. The fourth-order valence-electron chi connectivity index (χ4n) is 2.84. The standard InChI is InChI=1S/C20H19FN2O3/c1-13-2-7-18-15(10-13)11-16(19(25)22-18)12-23(8-9-24)20(26)14-3-5-17(21)6-4-14/h2-7,10-11,24H,8-9,12H2,1H3,(H,22,25). The Morgan fingerprint density at radius 2 is 1.88 bits per heavy atom. The van der Waals surface area contributed by atoms with Gasteiger partial charge in [-0.15, -0.1) is 0 Å². The first kappa shape index (κ1) is 17.8. The van der Waals surface area contributed by atoms with Crippen LogP contribution in [0.5, 0.6) is 0 Å². The van der Waals surface area contributed by atoms with Crippen molar-refractivity contribution in [2.75, 3.05) is 13.2 Å². The number of nitrogens with zero attached hydrogens (tertiary/aromatic N) is 1. The summed E-state index contributed by atoms with van der Waals surface area (Å²) in [6, 6.07) is 12.6. The molecule has 0 fully saturated rings. The summed E-state index contributed by atoms with van der Waals surface area (Å²) in [4.78, 5) is 29.2. The lowest BCUT2D eigenvalue weighted by Gasteiger charge is -2.22. The van der Waals surface area contributed by atoms with Gasteiger partial charge < -0.3 is 15.0 Å². The van der Waals surface area contributed by atoms with E-state index in [4.69, 9.17) is 0 Å². The van der Waals surface area contributed by atoms with Crippen molar-refractivity contribution in [3.63, 3.8) is 0 Å². The number of halogens is 1. The van der Waals surface area contributed by atoms with Gasteiger partial charge >= 0.3 is 0 Å². The summed E-state index contributed by atoms with van der Waals surface area (Å²) in [5, 5.41) is 10.2. The molecule has 0 unspecified atom stereocenters. The molecule has 0 bridgehead atoms. The summed E-state index contributed by atoms with van der Waals surface area (Å²) >= 11 is 0. The third-order valence-corrected chi connectivity index (χ3v) is 4.19. The lowest BCUT2D eigenvalue weighted by atomic mass is 10.1. The number of aromatic nitrogens is 1. The molecule has 2 N–H and O–H groups in total. The Kier molecular flexibility index (Phi) is 5.14. The molecule has 1 amide bonds. The number of benzene rings is 2. The van der Waals surface area contributed by atoms with E-state index in [1.54, 1.807) is 6.07 Å². The summed E-state index contributed by atoms with van der Waals surface area (Å²) in [6.07, 6.45) is 0. The lowest BCUT2D eigenvalue weighted by molar-refractivity contribution is 0.0707. The minimum absolute atomic E-state index is 0.0516. The Balaban J connectivity index is 1.93. The number of nitrogens with one attached hydrogen (secondary N) is 1. The van der Waals surface area contributed by atoms with Crippen molar-refractivity contribution in [2.45, 2.75) is 13.5 Å². The van der Waals surface area contributed by atoms with Gasteiger partial charge in [0.25, 0.3) is 11.5 Å². The molecule has 5 nitrogen and oxygen atoms in total. The molecule has 1 heterocycles. The highest BCUT2D eigenvalue weighted by Crippen LogP contribution is 2.15. The molecular formula is C20H19FN2O3. The van der Waals surface area contributed by atoms with Crippen LogP contribution in [-0.2, 0) is 6.54 Å². The van der Waals surface area contributed by atoms with Crippen molar-refractivity contribution in [3.05, 3.63) is 81.4 Å². The van der Waals surface area contributed by atoms with Gasteiger partial charge in [0.2, 0.25) is 0 Å². The number of rotatable bonds is 5. The van der Waals surface area contributed by atoms with Crippen molar-refractivity contribution in [1.82, 2.24) is 9.88 Å². The molecule has 0 radical (unpaired) electrons. The number of fused-ring (bicyclic) bond motifs is 1. The second kappa shape index (κ2) is 7.49. The smallest absolute Gasteiger partial charge is 0.254 e. The molecule has 134 valence electrons. The Bertz CT molecular complexity index is 996. The number of aliphatic hydroxyl groups excluding tert-OH is 1. The van der Waals surface area contributed by atoms with Gasteiger partial charge in [-0.1, -0.05) is 11.6 Å². The van der Waals surface area contributed by atoms with E-state index in [-0.39, 0.29) is 31.2 Å². The van der Waals surface area contributed by atoms with E-state index in [0.29, 0.717) is 11.1 Å². The third kappa shape index (κ3) is 3.81. The zero-order valence-electron chi connectivity index (χ0n) is 14.3. The summed E-state index contributed by atoms with van der Waals surface area (Å²) < 4.78 is 13.1. The summed E-state index contributed by atoms with van der Waals surface area (Å²) in [5.41, 5.74) is 2.23. The molecular weight excluding hydrogens is 335 g/mol. The van der Waals surface area contributed by atoms with Crippen LogP contribution in [0.2, 0.25) is 0 Å². The van der Waals surface area contributed by atoms with Gasteiger partial charge in [0.1, 0.15) is 5.82 Å². The first-order chi connectivity index (χ1) is 12.5. The van der Waals surface area contributed by atoms with Crippen LogP contribution in [0.1, 0.15) is 21.5 Å². The van der Waals surface area contributed by atoms with E-state index < -0.39 is 5.82 Å². The van der Waals surface area contributed by atoms with Gasteiger partial charge in [-0.05, 0) is 54.8 Å². The quantitative estimate of drug-likeness (QED) is 0.740. The molecule has 0 aliphatic heterocycles. The summed E-state index contributed by atoms with van der Waals surface area (Å²) in [5.74, 6) is -0.806. The average Bonchev–Trinajstić information content (AvgIpc) is 2.62. The van der Waals surface area contributed by atoms with Crippen molar-refractivity contribution in [2.24, 2.45) is 0 Å². The second-order valence-electron chi connectivity index (χ2n) is 6.17. The lowest BCUT2D eigenvalue weighted by Crippen LogP contribution is -2.35. The number of aromatic amines is 1. The van der Waals surface area contributed by atoms with Crippen LogP contribution in [0.4, 0.5) is 4.39 Å². The van der Waals surface area contributed by atoms with E-state index >= 15 is 0 Å². The van der Waals surface area contributed by atoms with Crippen LogP contribution in [0, 0.1) is 12.7 Å². The zero-order valence-corrected chi connectivity index (χ0v) is 14.3. The molecule has 0 atom stereocenters. The normalized spacial score (nSPS) is 10.9. The molecule has 1 aromatic heterocycles. The van der Waals surface area contributed by atoms with Crippen molar-refractivity contribution >= 4 is 16.8 Å². The van der Waals surface area contributed by atoms with Crippen LogP contribution < -0.4 is 5.56 Å². The number of carbonyl (C=O) groups excluding carboxylic acids is 1. The largest absolute Gasteiger partial charge is 0.395 e. The molecule has 3 rings (SSSR count). The third-order valence-electron chi connectivity index (χ3n) is 4.19. The van der Waals surface area contributed by atoms with Crippen LogP contribution in [0.15, 0.2) is 53.3 Å². The second-order valence-corrected chi connectivity index (χ2v) is 6.17. The van der Waals surface area contributed by atoms with Crippen molar-refractivity contribution in [1.29, 1.82) is 0 Å². The fraction of sp³-hybridized carbons (Fsp3) is 0.200. The predicted octanol–water partition coefficient (Wildman–Crippen LogP) is 2.61. The van der Waals surface area contributed by atoms with Gasteiger partial charge in [-0.3, -0.25) is 9.59 Å². The number of hydrogen-bond donors (Lipinski definition) is 2. The number of pyridine rings is 1. The number of amides is 1. The zero-order chi connectivity index (χ0) is 18.7. The van der Waals surface area contributed by atoms with Crippen LogP contribution in [-0.4, -0.2) is 34.0 Å². The molecule has 6 heteroatoms. The molecule has 3 aromatic rings. The molecule has 0 saturated heterocycles. The van der Waals surface area contributed by atoms with E-state index in [9.17, 15) is 19.1 Å². The molecule has 26 heavy (non-hydrogen) atoms. The first-order valence-corrected chi connectivity index (χ1v) is 8.26. The maximum absolute atomic E-state index is 13.1. The van der Waals surface area contributed by atoms with Crippen molar-refractivity contribution in [3.8, 4) is 0 Å². The van der Waals surface area contributed by atoms with E-state index in [2.05, 4.69) is 4.98 Å². The van der Waals surface area contributed by atoms with Gasteiger partial charge in [-0.25, -0.2) is 4.39 Å². The summed E-state index contributed by atoms with van der Waals surface area (Å²) in [7, 11) is 0. The maximum Gasteiger partial charge on any atom is 0.254 e. The van der Waals surface area contributed by atoms with Crippen LogP contribution in [0.25, 0.3) is 10.9 Å². The molecule has 0 aliphatic carbocycles. The molecule has 0 aliphatic rings. The predicted molar refractivity (Wildman–Crippen MR) is 97.5 cm³/mol. The van der Waals surface area contributed by atoms with Gasteiger partial charge in [0, 0.05) is 23.2 Å². The van der Waals surface area contributed by atoms with E-state index in [1.165, 1.54) is 29.2 Å². The monoisotopic (exact) mass is 354 g/mol. The Morgan fingerprint density at radius 3 is 2.58 bits per heavy atom. The Morgan fingerprint density at radius 1 is 1.15 bits per heavy atom. The topological polar surface area (TPSA) is 73.4 Å². The number of hydrogen-bond acceptors (Lipinski definition) is 3.